The van der Waals surface area contributed by atoms with Gasteiger partial charge in [0.25, 0.3) is 0 Å². The Bertz CT molecular complexity index is 943. The molecule has 2 aromatic rings. The zero-order valence-corrected chi connectivity index (χ0v) is 25.2. The quantitative estimate of drug-likeness (QED) is 0.0626. The summed E-state index contributed by atoms with van der Waals surface area (Å²) in [7, 11) is 0. The first kappa shape index (κ1) is 27.0. The van der Waals surface area contributed by atoms with E-state index in [2.05, 4.69) is 120 Å². The monoisotopic (exact) mass is 870 g/mol. The first-order valence-electron chi connectivity index (χ1n) is 9.12. The molecule has 0 heterocycles. The van der Waals surface area contributed by atoms with E-state index in [1.807, 2.05) is 18.2 Å². The predicted octanol–water partition coefficient (Wildman–Crippen LogP) is 6.22. The van der Waals surface area contributed by atoms with Crippen molar-refractivity contribution < 1.29 is 9.59 Å². The van der Waals surface area contributed by atoms with E-state index in [0.29, 0.717) is 17.8 Å². The van der Waals surface area contributed by atoms with Crippen LogP contribution in [0.3, 0.4) is 0 Å². The molecule has 2 rings (SSSR count). The lowest BCUT2D eigenvalue weighted by atomic mass is 10.0. The van der Waals surface area contributed by atoms with Crippen molar-refractivity contribution >= 4 is 120 Å². The third kappa shape index (κ3) is 7.40. The van der Waals surface area contributed by atoms with Crippen LogP contribution in [0.4, 0.5) is 17.1 Å². The predicted molar refractivity (Wildman–Crippen MR) is 163 cm³/mol. The summed E-state index contributed by atoms with van der Waals surface area (Å²) < 4.78 is 3.20. The van der Waals surface area contributed by atoms with Gasteiger partial charge in [-0.25, -0.2) is 10.9 Å². The number of halogens is 4. The van der Waals surface area contributed by atoms with E-state index in [4.69, 9.17) is 5.84 Å². The van der Waals surface area contributed by atoms with E-state index in [-0.39, 0.29) is 12.3 Å². The molecule has 31 heavy (non-hydrogen) atoms. The zero-order chi connectivity index (χ0) is 23.0. The molecule has 4 N–H and O–H groups in total. The Balaban J connectivity index is 2.21. The van der Waals surface area contributed by atoms with Gasteiger partial charge in [-0.1, -0.05) is 115 Å². The molecular weight excluding hydrogens is 848 g/mol. The largest absolute Gasteiger partial charge is 0.359 e. The van der Waals surface area contributed by atoms with Gasteiger partial charge in [0.15, 0.2) is 0 Å². The molecule has 0 aliphatic rings. The summed E-state index contributed by atoms with van der Waals surface area (Å²) in [6.07, 6.45) is 0.685. The molecule has 2 aromatic carbocycles. The molecule has 0 saturated carbocycles. The fourth-order valence-electron chi connectivity index (χ4n) is 3.02. The van der Waals surface area contributed by atoms with E-state index in [1.54, 1.807) is 0 Å². The molecule has 0 aromatic heterocycles. The standard InChI is InChI=1S/C21H22I4N4O2/c1-13(28-19-7-18(27-12-30)3-2-15(19)9-23)4-20(31)29(26)21-16(10-24)5-14(8-22)6-17(21)11-25/h2-3,5-7,12,28H,1,4,8-11,26H2,(H,27,30). The van der Waals surface area contributed by atoms with E-state index in [0.717, 1.165) is 45.8 Å². The van der Waals surface area contributed by atoms with Gasteiger partial charge in [-0.2, -0.15) is 0 Å². The van der Waals surface area contributed by atoms with E-state index in [1.165, 1.54) is 10.6 Å². The maximum absolute atomic E-state index is 13.0. The molecule has 0 unspecified atom stereocenters. The minimum atomic E-state index is -0.241. The molecule has 0 aliphatic carbocycles. The van der Waals surface area contributed by atoms with Crippen LogP contribution in [0.25, 0.3) is 0 Å². The fourth-order valence-corrected chi connectivity index (χ4v) is 5.29. The number of carbonyl (C=O) groups excluding carboxylic acids is 2. The molecule has 0 bridgehead atoms. The van der Waals surface area contributed by atoms with Crippen molar-refractivity contribution in [2.24, 2.45) is 5.84 Å². The average molecular weight is 870 g/mol. The number of nitrogens with one attached hydrogen (secondary N) is 2. The van der Waals surface area contributed by atoms with Crippen molar-refractivity contribution in [3.63, 3.8) is 0 Å². The first-order valence-corrected chi connectivity index (χ1v) is 15.2. The first-order chi connectivity index (χ1) is 14.9. The molecule has 0 saturated heterocycles. The van der Waals surface area contributed by atoms with Crippen LogP contribution in [0.15, 0.2) is 42.6 Å². The summed E-state index contributed by atoms with van der Waals surface area (Å²) >= 11 is 9.21. The van der Waals surface area contributed by atoms with E-state index < -0.39 is 0 Å². The van der Waals surface area contributed by atoms with Gasteiger partial charge in [0.1, 0.15) is 0 Å². The number of benzene rings is 2. The highest BCUT2D eigenvalue weighted by molar-refractivity contribution is 14.1. The summed E-state index contributed by atoms with van der Waals surface area (Å²) in [4.78, 5) is 23.7. The topological polar surface area (TPSA) is 87.5 Å². The second-order valence-corrected chi connectivity index (χ2v) is 9.65. The highest BCUT2D eigenvalue weighted by Gasteiger charge is 2.20. The molecular formula is C21H22I4N4O2. The number of hydrazine groups is 1. The van der Waals surface area contributed by atoms with E-state index in [9.17, 15) is 9.59 Å². The second kappa shape index (κ2) is 13.5. The van der Waals surface area contributed by atoms with E-state index >= 15 is 0 Å². The van der Waals surface area contributed by atoms with Crippen molar-refractivity contribution in [1.82, 2.24) is 0 Å². The van der Waals surface area contributed by atoms with Crippen LogP contribution in [0.5, 0.6) is 0 Å². The number of rotatable bonds is 11. The van der Waals surface area contributed by atoms with Crippen LogP contribution in [0, 0.1) is 0 Å². The molecule has 166 valence electrons. The number of alkyl halides is 4. The Morgan fingerprint density at radius 3 is 2.13 bits per heavy atom. The van der Waals surface area contributed by atoms with Crippen LogP contribution in [-0.2, 0) is 27.3 Å². The molecule has 0 spiro atoms. The van der Waals surface area contributed by atoms with Gasteiger partial charge in [-0.05, 0) is 34.4 Å². The lowest BCUT2D eigenvalue weighted by Gasteiger charge is -2.24. The summed E-state index contributed by atoms with van der Waals surface area (Å²) in [6, 6.07) is 9.81. The number of hydrogen-bond acceptors (Lipinski definition) is 4. The smallest absolute Gasteiger partial charge is 0.247 e. The van der Waals surface area contributed by atoms with Gasteiger partial charge in [0.2, 0.25) is 12.3 Å². The number of nitrogens with zero attached hydrogens (tertiary/aromatic N) is 1. The van der Waals surface area contributed by atoms with Gasteiger partial charge in [0, 0.05) is 34.8 Å². The van der Waals surface area contributed by atoms with Crippen LogP contribution in [0.2, 0.25) is 0 Å². The maximum atomic E-state index is 13.0. The van der Waals surface area contributed by atoms with Crippen LogP contribution in [-0.4, -0.2) is 12.3 Å². The Labute approximate surface area is 237 Å². The minimum absolute atomic E-state index is 0.0535. The average Bonchev–Trinajstić information content (AvgIpc) is 2.77. The van der Waals surface area contributed by atoms with Gasteiger partial charge < -0.3 is 10.6 Å². The minimum Gasteiger partial charge on any atom is -0.359 e. The maximum Gasteiger partial charge on any atom is 0.247 e. The van der Waals surface area contributed by atoms with Crippen LogP contribution >= 0.6 is 90.4 Å². The highest BCUT2D eigenvalue weighted by atomic mass is 127. The highest BCUT2D eigenvalue weighted by Crippen LogP contribution is 2.31. The Hall–Kier alpha value is -0.200. The fraction of sp³-hybridized carbons (Fsp3) is 0.238. The number of amides is 2. The molecule has 6 nitrogen and oxygen atoms in total. The van der Waals surface area contributed by atoms with Gasteiger partial charge in [-0.3, -0.25) is 9.59 Å². The van der Waals surface area contributed by atoms with Crippen LogP contribution < -0.4 is 21.5 Å². The molecule has 0 radical (unpaired) electrons. The summed E-state index contributed by atoms with van der Waals surface area (Å²) in [6.45, 7) is 4.02. The SMILES string of the molecule is C=C(CC(=O)N(N)c1c(CI)cc(CI)cc1CI)Nc1cc(NC=O)ccc1CI. The third-order valence-electron chi connectivity index (χ3n) is 4.43. The molecule has 0 aliphatic heterocycles. The number of nitrogens with two attached hydrogens (primary N) is 1. The molecule has 0 atom stereocenters. The summed E-state index contributed by atoms with van der Waals surface area (Å²) in [5.74, 6) is 6.06. The van der Waals surface area contributed by atoms with Gasteiger partial charge in [0.05, 0.1) is 12.1 Å². The van der Waals surface area contributed by atoms with Crippen molar-refractivity contribution in [2.45, 2.75) is 24.1 Å². The zero-order valence-electron chi connectivity index (χ0n) is 16.6. The molecule has 0 fully saturated rings. The number of carbonyl (C=O) groups is 2. The summed E-state index contributed by atoms with van der Waals surface area (Å²) in [5, 5.41) is 7.11. The van der Waals surface area contributed by atoms with Gasteiger partial charge in [-0.15, -0.1) is 0 Å². The summed E-state index contributed by atoms with van der Waals surface area (Å²) in [5.41, 5.74) is 7.15. The third-order valence-corrected chi connectivity index (χ3v) is 7.78. The Morgan fingerprint density at radius 2 is 1.61 bits per heavy atom. The second-order valence-electron chi connectivity index (χ2n) is 6.60. The normalized spacial score (nSPS) is 10.5. The lowest BCUT2D eigenvalue weighted by Crippen LogP contribution is -2.39. The van der Waals surface area contributed by atoms with Crippen molar-refractivity contribution in [2.75, 3.05) is 15.6 Å². The van der Waals surface area contributed by atoms with Crippen molar-refractivity contribution in [3.8, 4) is 0 Å². The van der Waals surface area contributed by atoms with Gasteiger partial charge >= 0.3 is 0 Å². The molecule has 2 amide bonds. The number of anilines is 3. The van der Waals surface area contributed by atoms with Crippen molar-refractivity contribution in [1.29, 1.82) is 0 Å². The Kier molecular flexibility index (Phi) is 11.8. The lowest BCUT2D eigenvalue weighted by molar-refractivity contribution is -0.118. The van der Waals surface area contributed by atoms with Crippen LogP contribution in [0.1, 0.15) is 28.7 Å². The molecule has 10 heteroatoms. The van der Waals surface area contributed by atoms with Crippen molar-refractivity contribution in [3.05, 3.63) is 64.9 Å². The number of hydrogen-bond donors (Lipinski definition) is 3. The Morgan fingerprint density at radius 1 is 1.00 bits per heavy atom.